The van der Waals surface area contributed by atoms with Gasteiger partial charge in [-0.1, -0.05) is 36.4 Å². The van der Waals surface area contributed by atoms with Crippen molar-refractivity contribution in [1.29, 1.82) is 0 Å². The molecule has 2 aliphatic heterocycles. The molecule has 2 saturated heterocycles. The third-order valence-corrected chi connectivity index (χ3v) is 3.99. The molecule has 136 valence electrons. The van der Waals surface area contributed by atoms with Gasteiger partial charge in [0.1, 0.15) is 11.3 Å². The zero-order valence-corrected chi connectivity index (χ0v) is 14.9. The van der Waals surface area contributed by atoms with Gasteiger partial charge in [-0.3, -0.25) is 35.2 Å². The molecule has 0 aliphatic carbocycles. The first-order chi connectivity index (χ1) is 12.8. The SMILES string of the molecule is CC(=C/c1ccccc1)/C=C1/C(=O)NC(=S)N1C=C1C(=O)NC(=O)NC1=O. The molecule has 0 unspecified atom stereocenters. The van der Waals surface area contributed by atoms with E-state index in [1.807, 2.05) is 47.0 Å². The van der Waals surface area contributed by atoms with Crippen LogP contribution >= 0.6 is 12.2 Å². The second kappa shape index (κ2) is 7.34. The van der Waals surface area contributed by atoms with Crippen LogP contribution in [0.1, 0.15) is 12.5 Å². The van der Waals surface area contributed by atoms with Crippen molar-refractivity contribution in [1.82, 2.24) is 20.9 Å². The van der Waals surface area contributed by atoms with E-state index in [1.54, 1.807) is 13.0 Å². The first-order valence-corrected chi connectivity index (χ1v) is 8.24. The van der Waals surface area contributed by atoms with Gasteiger partial charge in [-0.25, -0.2) is 4.79 Å². The highest BCUT2D eigenvalue weighted by molar-refractivity contribution is 7.80. The summed E-state index contributed by atoms with van der Waals surface area (Å²) in [5, 5.41) is 6.41. The van der Waals surface area contributed by atoms with Crippen molar-refractivity contribution in [2.45, 2.75) is 6.92 Å². The summed E-state index contributed by atoms with van der Waals surface area (Å²) in [6.07, 6.45) is 4.58. The molecule has 0 spiro atoms. The minimum atomic E-state index is -0.905. The van der Waals surface area contributed by atoms with Crippen LogP contribution in [0.25, 0.3) is 6.08 Å². The topological polar surface area (TPSA) is 108 Å². The summed E-state index contributed by atoms with van der Waals surface area (Å²) >= 11 is 5.10. The highest BCUT2D eigenvalue weighted by Crippen LogP contribution is 2.19. The Labute approximate surface area is 159 Å². The number of thiocarbonyl (C=S) groups is 1. The van der Waals surface area contributed by atoms with E-state index in [2.05, 4.69) is 5.32 Å². The molecule has 9 heteroatoms. The predicted molar refractivity (Wildman–Crippen MR) is 101 cm³/mol. The van der Waals surface area contributed by atoms with E-state index in [0.29, 0.717) is 0 Å². The minimum Gasteiger partial charge on any atom is -0.297 e. The van der Waals surface area contributed by atoms with Crippen molar-refractivity contribution >= 4 is 47.2 Å². The molecule has 5 amide bonds. The number of barbiturate groups is 1. The molecule has 3 rings (SSSR count). The molecule has 2 fully saturated rings. The van der Waals surface area contributed by atoms with Gasteiger partial charge in [-0.05, 0) is 36.4 Å². The van der Waals surface area contributed by atoms with E-state index in [-0.39, 0.29) is 16.4 Å². The third kappa shape index (κ3) is 3.98. The van der Waals surface area contributed by atoms with Crippen molar-refractivity contribution in [3.8, 4) is 0 Å². The van der Waals surface area contributed by atoms with E-state index in [9.17, 15) is 19.2 Å². The molecule has 27 heavy (non-hydrogen) atoms. The summed E-state index contributed by atoms with van der Waals surface area (Å²) in [5.41, 5.74) is 1.51. The summed E-state index contributed by atoms with van der Waals surface area (Å²) in [7, 11) is 0. The van der Waals surface area contributed by atoms with Crippen LogP contribution in [0.2, 0.25) is 0 Å². The van der Waals surface area contributed by atoms with Crippen LogP contribution in [0.5, 0.6) is 0 Å². The average molecular weight is 382 g/mol. The van der Waals surface area contributed by atoms with Gasteiger partial charge in [-0.2, -0.15) is 0 Å². The Morgan fingerprint density at radius 3 is 2.22 bits per heavy atom. The number of allylic oxidation sites excluding steroid dienone is 2. The molecule has 0 bridgehead atoms. The number of nitrogens with zero attached hydrogens (tertiary/aromatic N) is 1. The van der Waals surface area contributed by atoms with Crippen molar-refractivity contribution in [2.24, 2.45) is 0 Å². The van der Waals surface area contributed by atoms with Gasteiger partial charge < -0.3 is 0 Å². The smallest absolute Gasteiger partial charge is 0.297 e. The highest BCUT2D eigenvalue weighted by Gasteiger charge is 2.33. The fourth-order valence-corrected chi connectivity index (χ4v) is 2.74. The summed E-state index contributed by atoms with van der Waals surface area (Å²) < 4.78 is 0. The maximum Gasteiger partial charge on any atom is 0.328 e. The fraction of sp³-hybridized carbons (Fsp3) is 0.0556. The van der Waals surface area contributed by atoms with Crippen LogP contribution in [-0.4, -0.2) is 33.8 Å². The van der Waals surface area contributed by atoms with E-state index in [0.717, 1.165) is 17.3 Å². The molecule has 1 aromatic carbocycles. The molecule has 0 aromatic heterocycles. The lowest BCUT2D eigenvalue weighted by molar-refractivity contribution is -0.124. The van der Waals surface area contributed by atoms with Crippen molar-refractivity contribution in [3.05, 3.63) is 65.0 Å². The average Bonchev–Trinajstić information content (AvgIpc) is 2.85. The van der Waals surface area contributed by atoms with Gasteiger partial charge in [0.2, 0.25) is 0 Å². The summed E-state index contributed by atoms with van der Waals surface area (Å²) in [5.74, 6) is -2.21. The molecule has 1 aromatic rings. The normalized spacial score (nSPS) is 19.2. The lowest BCUT2D eigenvalue weighted by Crippen LogP contribution is -2.51. The lowest BCUT2D eigenvalue weighted by atomic mass is 10.1. The molecular formula is C18H14N4O4S. The van der Waals surface area contributed by atoms with Gasteiger partial charge in [-0.15, -0.1) is 0 Å². The van der Waals surface area contributed by atoms with E-state index < -0.39 is 23.8 Å². The lowest BCUT2D eigenvalue weighted by Gasteiger charge is -2.18. The summed E-state index contributed by atoms with van der Waals surface area (Å²) in [4.78, 5) is 48.4. The molecule has 8 nitrogen and oxygen atoms in total. The standard InChI is InChI=1S/C18H14N4O4S/c1-10(7-11-5-3-2-4-6-11)8-13-16(25)21-18(27)22(13)9-12-14(23)19-17(26)20-15(12)24/h2-9H,1H3,(H,21,25,27)(H2,19,20,23,24,26)/b10-7-,13-8-. The van der Waals surface area contributed by atoms with Gasteiger partial charge >= 0.3 is 6.03 Å². The molecule has 2 aliphatic rings. The molecule has 0 saturated carbocycles. The van der Waals surface area contributed by atoms with Crippen molar-refractivity contribution < 1.29 is 19.2 Å². The van der Waals surface area contributed by atoms with Gasteiger partial charge in [0.15, 0.2) is 5.11 Å². The van der Waals surface area contributed by atoms with Gasteiger partial charge in [0.05, 0.1) is 0 Å². The van der Waals surface area contributed by atoms with Gasteiger partial charge in [0, 0.05) is 6.20 Å². The molecule has 0 radical (unpaired) electrons. The first-order valence-electron chi connectivity index (χ1n) is 7.83. The van der Waals surface area contributed by atoms with Crippen LogP contribution in [0.3, 0.4) is 0 Å². The van der Waals surface area contributed by atoms with Crippen molar-refractivity contribution in [3.63, 3.8) is 0 Å². The first kappa shape index (κ1) is 18.2. The Morgan fingerprint density at radius 2 is 1.59 bits per heavy atom. The van der Waals surface area contributed by atoms with Crippen LogP contribution in [0, 0.1) is 0 Å². The Kier molecular flexibility index (Phi) is 4.95. The predicted octanol–water partition coefficient (Wildman–Crippen LogP) is 0.940. The van der Waals surface area contributed by atoms with Crippen LogP contribution in [0.15, 0.2) is 59.5 Å². The number of benzene rings is 1. The zero-order chi connectivity index (χ0) is 19.6. The number of amides is 5. The molecule has 0 atom stereocenters. The number of carbonyl (C=O) groups excluding carboxylic acids is 4. The Morgan fingerprint density at radius 1 is 0.963 bits per heavy atom. The van der Waals surface area contributed by atoms with E-state index in [4.69, 9.17) is 12.2 Å². The largest absolute Gasteiger partial charge is 0.328 e. The summed E-state index contributed by atoms with van der Waals surface area (Å²) in [6.45, 7) is 1.80. The number of carbonyl (C=O) groups is 4. The minimum absolute atomic E-state index is 0.0174. The third-order valence-electron chi connectivity index (χ3n) is 3.69. The maximum absolute atomic E-state index is 12.2. The molecular weight excluding hydrogens is 368 g/mol. The monoisotopic (exact) mass is 382 g/mol. The molecule has 2 heterocycles. The highest BCUT2D eigenvalue weighted by atomic mass is 32.1. The van der Waals surface area contributed by atoms with Crippen molar-refractivity contribution in [2.75, 3.05) is 0 Å². The molecule has 3 N–H and O–H groups in total. The number of rotatable bonds is 3. The Hall–Kier alpha value is -3.59. The fourth-order valence-electron chi connectivity index (χ4n) is 2.49. The van der Waals surface area contributed by atoms with Crippen LogP contribution in [-0.2, 0) is 14.4 Å². The number of hydrogen-bond donors (Lipinski definition) is 3. The van der Waals surface area contributed by atoms with E-state index >= 15 is 0 Å². The van der Waals surface area contributed by atoms with Crippen LogP contribution in [0.4, 0.5) is 4.79 Å². The Bertz CT molecular complexity index is 941. The quantitative estimate of drug-likeness (QED) is 0.408. The van der Waals surface area contributed by atoms with Crippen LogP contribution < -0.4 is 16.0 Å². The number of urea groups is 1. The summed E-state index contributed by atoms with van der Waals surface area (Å²) in [6, 6.07) is 8.60. The number of nitrogens with one attached hydrogen (secondary N) is 3. The zero-order valence-electron chi connectivity index (χ0n) is 14.1. The number of hydrogen-bond acceptors (Lipinski definition) is 5. The number of imide groups is 2. The van der Waals surface area contributed by atoms with Gasteiger partial charge in [0.25, 0.3) is 17.7 Å². The Balaban J connectivity index is 1.95. The second-order valence-electron chi connectivity index (χ2n) is 5.74. The second-order valence-corrected chi connectivity index (χ2v) is 6.12. The van der Waals surface area contributed by atoms with E-state index in [1.165, 1.54) is 4.90 Å². The maximum atomic E-state index is 12.2.